The smallest absolute Gasteiger partial charge is 0.308 e. The summed E-state index contributed by atoms with van der Waals surface area (Å²) in [6, 6.07) is 8.11. The molecule has 28 heavy (non-hydrogen) atoms. The van der Waals surface area contributed by atoms with Crippen molar-refractivity contribution in [1.82, 2.24) is 15.1 Å². The molecule has 2 rings (SSSR count). The van der Waals surface area contributed by atoms with Crippen molar-refractivity contribution < 1.29 is 14.3 Å². The molecule has 0 saturated carbocycles. The second-order valence-electron chi connectivity index (χ2n) is 6.98. The lowest BCUT2D eigenvalue weighted by atomic mass is 9.97. The molecule has 1 saturated heterocycles. The van der Waals surface area contributed by atoms with Gasteiger partial charge in [0.25, 0.3) is 0 Å². The molecule has 158 valence electrons. The number of benzene rings is 1. The van der Waals surface area contributed by atoms with Gasteiger partial charge < -0.3 is 24.6 Å². The SMILES string of the molecule is CN=C(NCc1cccc(OCCN(C)C)c1)N1CCC(C(=O)OC)CC1.I. The van der Waals surface area contributed by atoms with Gasteiger partial charge in [-0.1, -0.05) is 12.1 Å². The first-order valence-electron chi connectivity index (χ1n) is 9.43. The zero-order chi connectivity index (χ0) is 19.6. The number of carbonyl (C=O) groups is 1. The Balaban J connectivity index is 0.00000392. The lowest BCUT2D eigenvalue weighted by Crippen LogP contribution is -2.46. The molecular weight excluding hydrogens is 471 g/mol. The van der Waals surface area contributed by atoms with Gasteiger partial charge in [0.2, 0.25) is 0 Å². The van der Waals surface area contributed by atoms with Crippen LogP contribution in [0.3, 0.4) is 0 Å². The van der Waals surface area contributed by atoms with Gasteiger partial charge in [0.05, 0.1) is 13.0 Å². The summed E-state index contributed by atoms with van der Waals surface area (Å²) in [5.74, 6) is 1.63. The van der Waals surface area contributed by atoms with E-state index >= 15 is 0 Å². The quantitative estimate of drug-likeness (QED) is 0.266. The minimum Gasteiger partial charge on any atom is -0.492 e. The van der Waals surface area contributed by atoms with Crippen LogP contribution in [0.25, 0.3) is 0 Å². The molecule has 0 radical (unpaired) electrons. The number of methoxy groups -OCH3 is 1. The predicted molar refractivity (Wildman–Crippen MR) is 122 cm³/mol. The number of piperidine rings is 1. The topological polar surface area (TPSA) is 66.4 Å². The average Bonchev–Trinajstić information content (AvgIpc) is 2.68. The zero-order valence-corrected chi connectivity index (χ0v) is 19.6. The number of rotatable bonds is 7. The third-order valence-electron chi connectivity index (χ3n) is 4.70. The molecule has 7 nitrogen and oxygen atoms in total. The van der Waals surface area contributed by atoms with E-state index in [4.69, 9.17) is 9.47 Å². The van der Waals surface area contributed by atoms with E-state index in [1.165, 1.54) is 7.11 Å². The number of hydrogen-bond donors (Lipinski definition) is 1. The molecule has 1 fully saturated rings. The Morgan fingerprint density at radius 2 is 2.04 bits per heavy atom. The van der Waals surface area contributed by atoms with Gasteiger partial charge >= 0.3 is 5.97 Å². The van der Waals surface area contributed by atoms with Crippen LogP contribution in [-0.2, 0) is 16.1 Å². The number of nitrogens with zero attached hydrogens (tertiary/aromatic N) is 3. The highest BCUT2D eigenvalue weighted by atomic mass is 127. The van der Waals surface area contributed by atoms with Crippen LogP contribution in [0.1, 0.15) is 18.4 Å². The summed E-state index contributed by atoms with van der Waals surface area (Å²) < 4.78 is 10.6. The highest BCUT2D eigenvalue weighted by Gasteiger charge is 2.26. The van der Waals surface area contributed by atoms with E-state index in [-0.39, 0.29) is 35.9 Å². The standard InChI is InChI=1S/C20H32N4O3.HI/c1-21-20(24-10-8-17(9-11-24)19(25)26-4)22-15-16-6-5-7-18(14-16)27-13-12-23(2)3;/h5-7,14,17H,8-13,15H2,1-4H3,(H,21,22);1H. The average molecular weight is 504 g/mol. The predicted octanol–water partition coefficient (Wildman–Crippen LogP) is 2.21. The van der Waals surface area contributed by atoms with Crippen molar-refractivity contribution in [1.29, 1.82) is 0 Å². The third kappa shape index (κ3) is 7.83. The number of hydrogen-bond acceptors (Lipinski definition) is 5. The third-order valence-corrected chi connectivity index (χ3v) is 4.70. The highest BCUT2D eigenvalue weighted by molar-refractivity contribution is 14.0. The number of carbonyl (C=O) groups excluding carboxylic acids is 1. The first-order chi connectivity index (χ1) is 13.0. The van der Waals surface area contributed by atoms with Crippen molar-refractivity contribution in [3.63, 3.8) is 0 Å². The van der Waals surface area contributed by atoms with Crippen molar-refractivity contribution >= 4 is 35.9 Å². The Kier molecular flexibility index (Phi) is 11.2. The molecule has 0 bridgehead atoms. The first kappa shape index (κ1) is 24.5. The molecule has 0 aliphatic carbocycles. The zero-order valence-electron chi connectivity index (χ0n) is 17.3. The van der Waals surface area contributed by atoms with Gasteiger partial charge in [0, 0.05) is 33.2 Å². The van der Waals surface area contributed by atoms with Crippen LogP contribution in [0.5, 0.6) is 5.75 Å². The monoisotopic (exact) mass is 504 g/mol. The van der Waals surface area contributed by atoms with E-state index < -0.39 is 0 Å². The number of ether oxygens (including phenoxy) is 2. The Bertz CT molecular complexity index is 632. The number of guanidine groups is 1. The van der Waals surface area contributed by atoms with Crippen LogP contribution >= 0.6 is 24.0 Å². The van der Waals surface area contributed by atoms with Gasteiger partial charge in [-0.2, -0.15) is 0 Å². The molecule has 1 heterocycles. The van der Waals surface area contributed by atoms with E-state index in [0.717, 1.165) is 49.7 Å². The lowest BCUT2D eigenvalue weighted by Gasteiger charge is -2.33. The maximum atomic E-state index is 11.7. The minimum atomic E-state index is -0.108. The summed E-state index contributed by atoms with van der Waals surface area (Å²) in [7, 11) is 7.30. The number of aliphatic imine (C=N–C) groups is 1. The molecule has 1 aromatic rings. The van der Waals surface area contributed by atoms with E-state index in [1.807, 2.05) is 26.2 Å². The Hall–Kier alpha value is -1.55. The fourth-order valence-electron chi connectivity index (χ4n) is 3.10. The van der Waals surface area contributed by atoms with Gasteiger partial charge in [-0.25, -0.2) is 0 Å². The molecule has 1 aromatic carbocycles. The van der Waals surface area contributed by atoms with Crippen molar-refractivity contribution in [3.05, 3.63) is 29.8 Å². The molecule has 0 aromatic heterocycles. The number of likely N-dealkylation sites (N-methyl/N-ethyl adjacent to an activating group) is 1. The normalized spacial score (nSPS) is 15.2. The fraction of sp³-hybridized carbons (Fsp3) is 0.600. The van der Waals surface area contributed by atoms with Crippen LogP contribution in [0, 0.1) is 5.92 Å². The number of halogens is 1. The van der Waals surface area contributed by atoms with Crippen molar-refractivity contribution in [2.24, 2.45) is 10.9 Å². The Labute approximate surface area is 185 Å². The van der Waals surface area contributed by atoms with Gasteiger partial charge in [0.1, 0.15) is 12.4 Å². The summed E-state index contributed by atoms with van der Waals surface area (Å²) in [6.07, 6.45) is 1.59. The van der Waals surface area contributed by atoms with Crippen LogP contribution in [0.2, 0.25) is 0 Å². The molecule has 1 aliphatic heterocycles. The van der Waals surface area contributed by atoms with Gasteiger partial charge in [-0.15, -0.1) is 24.0 Å². The first-order valence-corrected chi connectivity index (χ1v) is 9.43. The van der Waals surface area contributed by atoms with E-state index in [2.05, 4.69) is 32.2 Å². The molecular formula is C20H33IN4O3. The molecule has 8 heteroatoms. The van der Waals surface area contributed by atoms with Gasteiger partial charge in [-0.05, 0) is 44.6 Å². The second kappa shape index (κ2) is 12.8. The van der Waals surface area contributed by atoms with Crippen LogP contribution in [0.15, 0.2) is 29.3 Å². The van der Waals surface area contributed by atoms with Crippen molar-refractivity contribution in [3.8, 4) is 5.75 Å². The maximum absolute atomic E-state index is 11.7. The van der Waals surface area contributed by atoms with E-state index in [1.54, 1.807) is 7.05 Å². The summed E-state index contributed by atoms with van der Waals surface area (Å²) >= 11 is 0. The largest absolute Gasteiger partial charge is 0.492 e. The molecule has 0 spiro atoms. The summed E-state index contributed by atoms with van der Waals surface area (Å²) in [6.45, 7) is 3.83. The van der Waals surface area contributed by atoms with Crippen LogP contribution in [0.4, 0.5) is 0 Å². The highest BCUT2D eigenvalue weighted by Crippen LogP contribution is 2.19. The number of esters is 1. The molecule has 1 N–H and O–H groups in total. The minimum absolute atomic E-state index is 0. The van der Waals surface area contributed by atoms with Crippen LogP contribution < -0.4 is 10.1 Å². The molecule has 0 unspecified atom stereocenters. The van der Waals surface area contributed by atoms with Crippen LogP contribution in [-0.4, -0.2) is 76.2 Å². The van der Waals surface area contributed by atoms with E-state index in [0.29, 0.717) is 13.2 Å². The Morgan fingerprint density at radius 3 is 2.64 bits per heavy atom. The fourth-order valence-corrected chi connectivity index (χ4v) is 3.10. The van der Waals surface area contributed by atoms with Gasteiger partial charge in [-0.3, -0.25) is 9.79 Å². The molecule has 0 amide bonds. The summed E-state index contributed by atoms with van der Waals surface area (Å²) in [4.78, 5) is 20.3. The van der Waals surface area contributed by atoms with Gasteiger partial charge in [0.15, 0.2) is 5.96 Å². The number of nitrogens with one attached hydrogen (secondary N) is 1. The second-order valence-corrected chi connectivity index (χ2v) is 6.98. The maximum Gasteiger partial charge on any atom is 0.308 e. The summed E-state index contributed by atoms with van der Waals surface area (Å²) in [5, 5.41) is 3.41. The Morgan fingerprint density at radius 1 is 1.32 bits per heavy atom. The summed E-state index contributed by atoms with van der Waals surface area (Å²) in [5.41, 5.74) is 1.14. The van der Waals surface area contributed by atoms with Crippen molar-refractivity contribution in [2.75, 3.05) is 54.5 Å². The van der Waals surface area contributed by atoms with Crippen molar-refractivity contribution in [2.45, 2.75) is 19.4 Å². The number of likely N-dealkylation sites (tertiary alicyclic amines) is 1. The molecule has 1 aliphatic rings. The van der Waals surface area contributed by atoms with E-state index in [9.17, 15) is 4.79 Å². The molecule has 0 atom stereocenters. The lowest BCUT2D eigenvalue weighted by molar-refractivity contribution is -0.146.